The molecule has 6 aromatic heterocycles. The Hall–Kier alpha value is -7.42. The average Bonchev–Trinajstić information content (AvgIpc) is 3.95. The fourth-order valence-corrected chi connectivity index (χ4v) is 11.2. The van der Waals surface area contributed by atoms with Crippen LogP contribution in [0.2, 0.25) is 0 Å². The van der Waals surface area contributed by atoms with Gasteiger partial charge in [0, 0.05) is 91.1 Å². The number of halogens is 3. The molecule has 2 fully saturated rings. The van der Waals surface area contributed by atoms with Crippen LogP contribution < -0.4 is 26.9 Å². The zero-order valence-corrected chi connectivity index (χ0v) is 41.6. The normalized spacial score (nSPS) is 16.9. The van der Waals surface area contributed by atoms with Crippen LogP contribution in [0.25, 0.3) is 44.3 Å². The molecule has 17 nitrogen and oxygen atoms in total. The van der Waals surface area contributed by atoms with E-state index in [2.05, 4.69) is 62.3 Å². The first-order valence-electron chi connectivity index (χ1n) is 24.4. The largest absolute Gasteiger partial charge is 0.378 e. The van der Waals surface area contributed by atoms with E-state index in [4.69, 9.17) is 4.74 Å². The van der Waals surface area contributed by atoms with Gasteiger partial charge < -0.3 is 28.7 Å². The number of aromatic nitrogens is 8. The molecule has 20 heteroatoms. The number of piperazine rings is 1. The fraction of sp³-hybridized carbons (Fsp3) is 0.321. The molecule has 1 atom stereocenters. The van der Waals surface area contributed by atoms with E-state index in [-0.39, 0.29) is 49.3 Å². The second kappa shape index (κ2) is 19.5. The Kier molecular flexibility index (Phi) is 12.8. The van der Waals surface area contributed by atoms with E-state index in [0.717, 1.165) is 134 Å². The lowest BCUT2D eigenvalue weighted by atomic mass is 9.99. The molecule has 0 unspecified atom stereocenters. The topological polar surface area (TPSA) is 176 Å². The van der Waals surface area contributed by atoms with Gasteiger partial charge in [-0.25, -0.2) is 13.8 Å². The minimum absolute atomic E-state index is 0.0257. The van der Waals surface area contributed by atoms with Crippen LogP contribution in [0.15, 0.2) is 98.2 Å². The number of carbonyl (C=O) groups excluding carboxylic acids is 2. The number of hydrogen-bond donors (Lipinski definition) is 1. The summed E-state index contributed by atoms with van der Waals surface area (Å²) in [5, 5.41) is 12.7. The second-order valence-corrected chi connectivity index (χ2v) is 19.9. The van der Waals surface area contributed by atoms with Crippen molar-refractivity contribution in [3.8, 4) is 22.5 Å². The SMILES string of the molecule is C[C@H]1CN(C2COC2)CCN1c1ccc(Nc2cc(-c3cc(F)cc(-n4ncc5c(cc6n5CCCC6)c4=O)c3C=O)cn(C)c2=O)nc1.O=Cc1c(Br)cc(F)cc1-n1ncc2c(cc3n2CCCC3)c1=O. The number of benzene rings is 2. The Morgan fingerprint density at radius 3 is 1.90 bits per heavy atom. The van der Waals surface area contributed by atoms with Gasteiger partial charge in [-0.15, -0.1) is 0 Å². The highest BCUT2D eigenvalue weighted by atomic mass is 79.9. The first-order chi connectivity index (χ1) is 35.4. The molecule has 0 spiro atoms. The van der Waals surface area contributed by atoms with Crippen molar-refractivity contribution in [2.75, 3.05) is 43.1 Å². The number of nitrogens with one attached hydrogen (secondary N) is 1. The molecule has 0 aliphatic carbocycles. The Morgan fingerprint density at radius 1 is 0.726 bits per heavy atom. The van der Waals surface area contributed by atoms with Crippen molar-refractivity contribution < 1.29 is 23.1 Å². The van der Waals surface area contributed by atoms with Crippen molar-refractivity contribution in [3.05, 3.63) is 149 Å². The molecule has 12 rings (SSSR count). The summed E-state index contributed by atoms with van der Waals surface area (Å²) < 4.78 is 42.5. The van der Waals surface area contributed by atoms with E-state index in [1.165, 1.54) is 22.9 Å². The van der Waals surface area contributed by atoms with Crippen LogP contribution in [0.1, 0.15) is 64.7 Å². The lowest BCUT2D eigenvalue weighted by Crippen LogP contribution is -2.59. The summed E-state index contributed by atoms with van der Waals surface area (Å²) in [5.41, 5.74) is 4.82. The molecule has 10 heterocycles. The van der Waals surface area contributed by atoms with Crippen molar-refractivity contribution >= 4 is 67.5 Å². The maximum absolute atomic E-state index is 15.3. The molecule has 1 N–H and O–H groups in total. The van der Waals surface area contributed by atoms with Crippen LogP contribution in [0, 0.1) is 11.6 Å². The molecule has 73 heavy (non-hydrogen) atoms. The average molecular weight is 1050 g/mol. The van der Waals surface area contributed by atoms with Crippen LogP contribution in [0.3, 0.4) is 0 Å². The fourth-order valence-electron chi connectivity index (χ4n) is 10.7. The summed E-state index contributed by atoms with van der Waals surface area (Å²) in [6.45, 7) is 8.28. The van der Waals surface area contributed by atoms with E-state index in [9.17, 15) is 28.4 Å². The molecule has 0 amide bonds. The number of fused-ring (bicyclic) bond motifs is 6. The molecule has 0 saturated carbocycles. The zero-order chi connectivity index (χ0) is 50.7. The molecule has 4 aliphatic rings. The van der Waals surface area contributed by atoms with Gasteiger partial charge in [-0.3, -0.25) is 28.9 Å². The zero-order valence-electron chi connectivity index (χ0n) is 40.1. The van der Waals surface area contributed by atoms with Crippen molar-refractivity contribution in [3.63, 3.8) is 0 Å². The third kappa shape index (κ3) is 8.79. The number of nitrogens with zero attached hydrogens (tertiary/aromatic N) is 10. The van der Waals surface area contributed by atoms with E-state index in [1.807, 2.05) is 24.3 Å². The number of rotatable bonds is 9. The van der Waals surface area contributed by atoms with Gasteiger partial charge in [-0.1, -0.05) is 0 Å². The highest BCUT2D eigenvalue weighted by Crippen LogP contribution is 2.32. The van der Waals surface area contributed by atoms with Gasteiger partial charge >= 0.3 is 0 Å². The molecular weight excluding hydrogens is 1000 g/mol. The molecule has 4 aliphatic heterocycles. The highest BCUT2D eigenvalue weighted by Gasteiger charge is 2.32. The van der Waals surface area contributed by atoms with Gasteiger partial charge in [-0.2, -0.15) is 19.6 Å². The maximum atomic E-state index is 15.3. The molecule has 8 aromatic rings. The third-order valence-electron chi connectivity index (χ3n) is 14.5. The minimum atomic E-state index is -0.655. The predicted octanol–water partition coefficient (Wildman–Crippen LogP) is 7.13. The van der Waals surface area contributed by atoms with E-state index in [1.54, 1.807) is 31.7 Å². The van der Waals surface area contributed by atoms with Crippen LogP contribution in [0.5, 0.6) is 0 Å². The summed E-state index contributed by atoms with van der Waals surface area (Å²) in [4.78, 5) is 73.2. The Labute approximate surface area is 424 Å². The van der Waals surface area contributed by atoms with Crippen molar-refractivity contribution in [2.45, 2.75) is 70.6 Å². The first kappa shape index (κ1) is 47.9. The number of pyridine rings is 2. The van der Waals surface area contributed by atoms with Gasteiger partial charge in [0.15, 0.2) is 12.6 Å². The third-order valence-corrected chi connectivity index (χ3v) is 15.2. The Balaban J connectivity index is 0.000000200. The van der Waals surface area contributed by atoms with E-state index in [0.29, 0.717) is 46.8 Å². The lowest BCUT2D eigenvalue weighted by Gasteiger charge is -2.46. The molecule has 2 aromatic carbocycles. The van der Waals surface area contributed by atoms with Crippen LogP contribution in [0.4, 0.5) is 26.0 Å². The monoisotopic (exact) mass is 1050 g/mol. The Bertz CT molecular complexity index is 3690. The predicted molar refractivity (Wildman–Crippen MR) is 276 cm³/mol. The smallest absolute Gasteiger partial charge is 0.280 e. The molecule has 2 saturated heterocycles. The molecular formula is C53H50BrF2N11O6. The second-order valence-electron chi connectivity index (χ2n) is 19.1. The number of ether oxygens (including phenoxy) is 1. The highest BCUT2D eigenvalue weighted by molar-refractivity contribution is 9.10. The Morgan fingerprint density at radius 2 is 1.34 bits per heavy atom. The quantitative estimate of drug-likeness (QED) is 0.145. The number of aryl methyl sites for hydroxylation is 5. The van der Waals surface area contributed by atoms with Gasteiger partial charge in [0.1, 0.15) is 23.1 Å². The van der Waals surface area contributed by atoms with Crippen molar-refractivity contribution in [1.82, 2.24) is 43.1 Å². The summed E-state index contributed by atoms with van der Waals surface area (Å²) in [5.74, 6) is -0.740. The number of carbonyl (C=O) groups is 2. The van der Waals surface area contributed by atoms with E-state index < -0.39 is 17.2 Å². The summed E-state index contributed by atoms with van der Waals surface area (Å²) in [6.07, 6.45) is 13.8. The number of hydrogen-bond acceptors (Lipinski definition) is 12. The lowest BCUT2D eigenvalue weighted by molar-refractivity contribution is -0.0691. The molecule has 374 valence electrons. The minimum Gasteiger partial charge on any atom is -0.378 e. The first-order valence-corrected chi connectivity index (χ1v) is 25.2. The summed E-state index contributed by atoms with van der Waals surface area (Å²) in [7, 11) is 1.58. The standard InChI is InChI=1S/C36H37FN8O4.C17H13BrFN3O2/c1-22-17-42(27-20-49-21-27)9-10-43(22)26-6-7-34(38-15-26)40-31-11-23(18-41(2)36(31)48)28-12-24(37)13-32(30(28)19-46)45-35(47)29-14-25-5-3-4-8-44(25)33(29)16-39-45;18-14-5-10(19)6-15(13(14)9-23)22-17(24)12-7-11-3-1-2-4-21(11)16(12)8-20-22/h6-7,11-16,18-19,22,27H,3-5,8-10,17,20-21H2,1-2H3,(H,38,40);5-9H,1-4H2/t22-;/m0./s1. The number of anilines is 3. The molecule has 0 radical (unpaired) electrons. The summed E-state index contributed by atoms with van der Waals surface area (Å²) >= 11 is 3.16. The van der Waals surface area contributed by atoms with Gasteiger partial charge in [0.05, 0.1) is 82.3 Å². The van der Waals surface area contributed by atoms with Gasteiger partial charge in [0.2, 0.25) is 0 Å². The van der Waals surface area contributed by atoms with Crippen LogP contribution >= 0.6 is 15.9 Å². The number of aldehydes is 2. The van der Waals surface area contributed by atoms with Crippen LogP contribution in [-0.2, 0) is 37.7 Å². The van der Waals surface area contributed by atoms with Gasteiger partial charge in [0.25, 0.3) is 16.7 Å². The summed E-state index contributed by atoms with van der Waals surface area (Å²) in [6, 6.07) is 14.6. The van der Waals surface area contributed by atoms with Gasteiger partial charge in [-0.05, 0) is 109 Å². The van der Waals surface area contributed by atoms with Crippen molar-refractivity contribution in [1.29, 1.82) is 0 Å². The van der Waals surface area contributed by atoms with E-state index >= 15 is 4.39 Å². The molecule has 0 bridgehead atoms. The van der Waals surface area contributed by atoms with Crippen LogP contribution in [-0.4, -0.2) is 101 Å². The maximum Gasteiger partial charge on any atom is 0.280 e. The van der Waals surface area contributed by atoms with Crippen molar-refractivity contribution in [2.24, 2.45) is 7.05 Å².